The summed E-state index contributed by atoms with van der Waals surface area (Å²) in [6, 6.07) is 17.4. The molecule has 1 saturated heterocycles. The average Bonchev–Trinajstić information content (AvgIpc) is 3.38. The number of carbonyl (C=O) groups is 1. The van der Waals surface area contributed by atoms with E-state index in [9.17, 15) is 4.79 Å². The fourth-order valence-corrected chi connectivity index (χ4v) is 4.58. The van der Waals surface area contributed by atoms with Crippen LogP contribution >= 0.6 is 23.4 Å². The molecule has 2 heterocycles. The minimum atomic E-state index is -0.333. The van der Waals surface area contributed by atoms with Crippen LogP contribution in [-0.4, -0.2) is 38.7 Å². The Morgan fingerprint density at radius 1 is 1.04 bits per heavy atom. The maximum absolute atomic E-state index is 13.2. The highest BCUT2D eigenvalue weighted by Gasteiger charge is 2.30. The van der Waals surface area contributed by atoms with Crippen molar-refractivity contribution in [3.05, 3.63) is 65.2 Å². The van der Waals surface area contributed by atoms with Crippen LogP contribution in [0.5, 0.6) is 0 Å². The molecule has 1 aliphatic rings. The summed E-state index contributed by atoms with van der Waals surface area (Å²) in [6.07, 6.45) is 2.14. The zero-order chi connectivity index (χ0) is 19.5. The number of carbonyl (C=O) groups excluding carboxylic acids is 1. The quantitative estimate of drug-likeness (QED) is 0.575. The first kappa shape index (κ1) is 19.0. The van der Waals surface area contributed by atoms with Crippen molar-refractivity contribution in [3.8, 4) is 11.4 Å². The van der Waals surface area contributed by atoms with Crippen LogP contribution < -0.4 is 0 Å². The molecule has 3 aromatic rings. The second-order valence-corrected chi connectivity index (χ2v) is 8.32. The van der Waals surface area contributed by atoms with E-state index in [0.29, 0.717) is 10.2 Å². The number of nitrogens with zero attached hydrogens (tertiary/aromatic N) is 4. The molecule has 4 rings (SSSR count). The summed E-state index contributed by atoms with van der Waals surface area (Å²) in [5, 5.41) is 9.77. The van der Waals surface area contributed by atoms with Crippen LogP contribution in [0.25, 0.3) is 11.4 Å². The zero-order valence-electron chi connectivity index (χ0n) is 15.6. The molecule has 28 heavy (non-hydrogen) atoms. The number of hydrogen-bond acceptors (Lipinski definition) is 4. The number of thioether (sulfide) groups is 1. The van der Waals surface area contributed by atoms with Crippen molar-refractivity contribution in [2.24, 2.45) is 7.05 Å². The minimum Gasteiger partial charge on any atom is -0.341 e. The van der Waals surface area contributed by atoms with Crippen LogP contribution in [0.4, 0.5) is 0 Å². The predicted molar refractivity (Wildman–Crippen MR) is 112 cm³/mol. The van der Waals surface area contributed by atoms with Crippen molar-refractivity contribution >= 4 is 29.3 Å². The summed E-state index contributed by atoms with van der Waals surface area (Å²) in [4.78, 5) is 15.2. The maximum Gasteiger partial charge on any atom is 0.240 e. The van der Waals surface area contributed by atoms with Gasteiger partial charge in [0.15, 0.2) is 11.0 Å². The molecule has 1 fully saturated rings. The third-order valence-corrected chi connectivity index (χ3v) is 6.43. The molecule has 0 unspecified atom stereocenters. The van der Waals surface area contributed by atoms with Gasteiger partial charge < -0.3 is 9.47 Å². The Hall–Kier alpha value is -2.31. The van der Waals surface area contributed by atoms with Crippen LogP contribution in [0, 0.1) is 0 Å². The minimum absolute atomic E-state index is 0.143. The van der Waals surface area contributed by atoms with E-state index in [4.69, 9.17) is 11.6 Å². The molecular formula is C21H21ClN4OS. The Balaban J connectivity index is 1.63. The van der Waals surface area contributed by atoms with E-state index in [-0.39, 0.29) is 11.2 Å². The molecular weight excluding hydrogens is 392 g/mol. The molecule has 5 nitrogen and oxygen atoms in total. The van der Waals surface area contributed by atoms with Crippen LogP contribution in [0.1, 0.15) is 23.7 Å². The number of halogens is 1. The maximum atomic E-state index is 13.2. The van der Waals surface area contributed by atoms with E-state index < -0.39 is 0 Å². The lowest BCUT2D eigenvalue weighted by molar-refractivity contribution is -0.129. The van der Waals surface area contributed by atoms with Crippen molar-refractivity contribution in [3.63, 3.8) is 0 Å². The smallest absolute Gasteiger partial charge is 0.240 e. The van der Waals surface area contributed by atoms with Gasteiger partial charge in [-0.1, -0.05) is 53.7 Å². The van der Waals surface area contributed by atoms with Crippen molar-refractivity contribution in [1.29, 1.82) is 0 Å². The van der Waals surface area contributed by atoms with Crippen LogP contribution in [0.2, 0.25) is 5.02 Å². The summed E-state index contributed by atoms with van der Waals surface area (Å²) in [5.41, 5.74) is 1.92. The number of benzene rings is 2. The van der Waals surface area contributed by atoms with Crippen molar-refractivity contribution in [1.82, 2.24) is 19.7 Å². The highest BCUT2D eigenvalue weighted by Crippen LogP contribution is 2.37. The summed E-state index contributed by atoms with van der Waals surface area (Å²) < 4.78 is 1.93. The Kier molecular flexibility index (Phi) is 5.69. The van der Waals surface area contributed by atoms with Gasteiger partial charge in [-0.05, 0) is 42.7 Å². The first-order chi connectivity index (χ1) is 13.6. The summed E-state index contributed by atoms with van der Waals surface area (Å²) in [7, 11) is 1.93. The lowest BCUT2D eigenvalue weighted by Crippen LogP contribution is -2.31. The van der Waals surface area contributed by atoms with Crippen LogP contribution in [-0.2, 0) is 11.8 Å². The molecule has 0 aliphatic carbocycles. The molecule has 1 amide bonds. The average molecular weight is 413 g/mol. The fraction of sp³-hybridized carbons (Fsp3) is 0.286. The van der Waals surface area contributed by atoms with Crippen LogP contribution in [0.15, 0.2) is 59.8 Å². The first-order valence-corrected chi connectivity index (χ1v) is 10.5. The molecule has 0 spiro atoms. The fourth-order valence-electron chi connectivity index (χ4n) is 3.37. The van der Waals surface area contributed by atoms with Gasteiger partial charge in [0.25, 0.3) is 0 Å². The monoisotopic (exact) mass is 412 g/mol. The van der Waals surface area contributed by atoms with E-state index in [1.54, 1.807) is 0 Å². The van der Waals surface area contributed by atoms with Gasteiger partial charge in [0, 0.05) is 30.7 Å². The molecule has 7 heteroatoms. The Labute approximate surface area is 173 Å². The molecule has 0 saturated carbocycles. The largest absolute Gasteiger partial charge is 0.341 e. The number of likely N-dealkylation sites (tertiary alicyclic amines) is 1. The second-order valence-electron chi connectivity index (χ2n) is 6.81. The van der Waals surface area contributed by atoms with Crippen molar-refractivity contribution in [2.75, 3.05) is 13.1 Å². The SMILES string of the molecule is Cn1c(S[C@@H](C(=O)N2CCCC2)c2ccccc2)nnc1-c1ccc(Cl)cc1. The summed E-state index contributed by atoms with van der Waals surface area (Å²) in [6.45, 7) is 1.66. The van der Waals surface area contributed by atoms with E-state index in [2.05, 4.69) is 10.2 Å². The normalized spacial score (nSPS) is 15.0. The first-order valence-electron chi connectivity index (χ1n) is 9.29. The number of rotatable bonds is 5. The van der Waals surface area contributed by atoms with E-state index in [1.807, 2.05) is 71.1 Å². The van der Waals surface area contributed by atoms with Crippen molar-refractivity contribution < 1.29 is 4.79 Å². The van der Waals surface area contributed by atoms with Gasteiger partial charge in [-0.25, -0.2) is 0 Å². The Morgan fingerprint density at radius 3 is 2.39 bits per heavy atom. The summed E-state index contributed by atoms with van der Waals surface area (Å²) in [5.74, 6) is 0.893. The molecule has 2 aromatic carbocycles. The number of hydrogen-bond donors (Lipinski definition) is 0. The highest BCUT2D eigenvalue weighted by atomic mass is 35.5. The number of amides is 1. The second kappa shape index (κ2) is 8.37. The number of aromatic nitrogens is 3. The molecule has 1 aliphatic heterocycles. The van der Waals surface area contributed by atoms with Gasteiger partial charge in [0.1, 0.15) is 5.25 Å². The van der Waals surface area contributed by atoms with Crippen molar-refractivity contribution in [2.45, 2.75) is 23.2 Å². The van der Waals surface area contributed by atoms with Crippen LogP contribution in [0.3, 0.4) is 0 Å². The molecule has 0 N–H and O–H groups in total. The third kappa shape index (κ3) is 3.93. The third-order valence-electron chi connectivity index (χ3n) is 4.90. The molecule has 1 atom stereocenters. The van der Waals surface area contributed by atoms with Gasteiger partial charge in [0.2, 0.25) is 5.91 Å². The Morgan fingerprint density at radius 2 is 1.71 bits per heavy atom. The van der Waals surface area contributed by atoms with E-state index >= 15 is 0 Å². The van der Waals surface area contributed by atoms with Gasteiger partial charge in [-0.15, -0.1) is 10.2 Å². The summed E-state index contributed by atoms with van der Waals surface area (Å²) >= 11 is 7.44. The standard InChI is InChI=1S/C21H21ClN4OS/c1-25-19(16-9-11-17(22)12-10-16)23-24-21(25)28-18(15-7-3-2-4-8-15)20(27)26-13-5-6-14-26/h2-4,7-12,18H,5-6,13-14H2,1H3/t18-/m1/s1. The zero-order valence-corrected chi connectivity index (χ0v) is 17.2. The van der Waals surface area contributed by atoms with E-state index in [1.165, 1.54) is 11.8 Å². The predicted octanol–water partition coefficient (Wildman–Crippen LogP) is 4.59. The van der Waals surface area contributed by atoms with Gasteiger partial charge in [0.05, 0.1) is 0 Å². The lowest BCUT2D eigenvalue weighted by atomic mass is 10.1. The highest BCUT2D eigenvalue weighted by molar-refractivity contribution is 8.00. The van der Waals surface area contributed by atoms with Gasteiger partial charge >= 0.3 is 0 Å². The molecule has 144 valence electrons. The molecule has 0 bridgehead atoms. The lowest BCUT2D eigenvalue weighted by Gasteiger charge is -2.22. The molecule has 1 aromatic heterocycles. The Bertz CT molecular complexity index is 952. The van der Waals surface area contributed by atoms with Gasteiger partial charge in [-0.2, -0.15) is 0 Å². The molecule has 0 radical (unpaired) electrons. The van der Waals surface area contributed by atoms with E-state index in [0.717, 1.165) is 42.9 Å². The topological polar surface area (TPSA) is 51.0 Å². The van der Waals surface area contributed by atoms with Gasteiger partial charge in [-0.3, -0.25) is 4.79 Å².